The lowest BCUT2D eigenvalue weighted by Gasteiger charge is -2.13. The summed E-state index contributed by atoms with van der Waals surface area (Å²) in [5.74, 6) is -0.0110. The fraction of sp³-hybridized carbons (Fsp3) is 0.278. The van der Waals surface area contributed by atoms with Crippen LogP contribution in [0.2, 0.25) is 0 Å². The predicted molar refractivity (Wildman–Crippen MR) is 84.3 cm³/mol. The predicted octanol–water partition coefficient (Wildman–Crippen LogP) is 4.37. The highest BCUT2D eigenvalue weighted by Gasteiger charge is 2.14. The molecule has 0 radical (unpaired) electrons. The lowest BCUT2D eigenvalue weighted by molar-refractivity contribution is 0.102. The van der Waals surface area contributed by atoms with Crippen LogP contribution in [0.25, 0.3) is 0 Å². The van der Waals surface area contributed by atoms with Crippen molar-refractivity contribution >= 4 is 11.6 Å². The second-order valence-electron chi connectivity index (χ2n) is 4.98. The van der Waals surface area contributed by atoms with E-state index < -0.39 is 0 Å². The van der Waals surface area contributed by atoms with Gasteiger partial charge in [0.2, 0.25) is 0 Å². The van der Waals surface area contributed by atoms with Gasteiger partial charge in [0.1, 0.15) is 0 Å². The Morgan fingerprint density at radius 2 is 1.50 bits per heavy atom. The van der Waals surface area contributed by atoms with Gasteiger partial charge in [0, 0.05) is 11.3 Å². The Balaban J connectivity index is 2.31. The average molecular weight is 267 g/mol. The number of hydrogen-bond acceptors (Lipinski definition) is 1. The molecule has 2 heteroatoms. The number of carbonyl (C=O) groups is 1. The summed E-state index contributed by atoms with van der Waals surface area (Å²) in [5.41, 5.74) is 5.07. The van der Waals surface area contributed by atoms with Gasteiger partial charge in [-0.3, -0.25) is 4.79 Å². The summed E-state index contributed by atoms with van der Waals surface area (Å²) in [6.45, 7) is 6.20. The van der Waals surface area contributed by atoms with E-state index in [-0.39, 0.29) is 5.91 Å². The SMILES string of the molecule is CCc1cccc(CC)c1C(=O)Nc1ccc(C)cc1. The van der Waals surface area contributed by atoms with Crippen molar-refractivity contribution in [3.8, 4) is 0 Å². The van der Waals surface area contributed by atoms with Gasteiger partial charge in [-0.1, -0.05) is 49.7 Å². The van der Waals surface area contributed by atoms with E-state index in [2.05, 4.69) is 19.2 Å². The van der Waals surface area contributed by atoms with E-state index in [0.29, 0.717) is 0 Å². The minimum Gasteiger partial charge on any atom is -0.322 e. The van der Waals surface area contributed by atoms with Crippen LogP contribution in [0.3, 0.4) is 0 Å². The minimum absolute atomic E-state index is 0.0110. The first kappa shape index (κ1) is 14.3. The Morgan fingerprint density at radius 3 is 2.00 bits per heavy atom. The first-order valence-corrected chi connectivity index (χ1v) is 7.14. The van der Waals surface area contributed by atoms with Crippen LogP contribution in [0.1, 0.15) is 40.9 Å². The van der Waals surface area contributed by atoms with Crippen molar-refractivity contribution in [3.05, 3.63) is 64.7 Å². The molecule has 0 aromatic heterocycles. The second-order valence-corrected chi connectivity index (χ2v) is 4.98. The molecule has 0 heterocycles. The fourth-order valence-corrected chi connectivity index (χ4v) is 2.36. The lowest BCUT2D eigenvalue weighted by Crippen LogP contribution is -2.16. The first-order valence-electron chi connectivity index (χ1n) is 7.14. The van der Waals surface area contributed by atoms with Gasteiger partial charge >= 0.3 is 0 Å². The molecule has 2 aromatic carbocycles. The molecule has 0 aliphatic rings. The van der Waals surface area contributed by atoms with E-state index in [0.717, 1.165) is 35.2 Å². The summed E-state index contributed by atoms with van der Waals surface area (Å²) in [5, 5.41) is 3.00. The van der Waals surface area contributed by atoms with Crippen molar-refractivity contribution in [3.63, 3.8) is 0 Å². The van der Waals surface area contributed by atoms with E-state index in [4.69, 9.17) is 0 Å². The highest BCUT2D eigenvalue weighted by atomic mass is 16.1. The lowest BCUT2D eigenvalue weighted by atomic mass is 9.97. The van der Waals surface area contributed by atoms with E-state index in [9.17, 15) is 4.79 Å². The van der Waals surface area contributed by atoms with Gasteiger partial charge in [-0.15, -0.1) is 0 Å². The zero-order valence-electron chi connectivity index (χ0n) is 12.4. The largest absolute Gasteiger partial charge is 0.322 e. The van der Waals surface area contributed by atoms with E-state index in [1.807, 2.05) is 49.4 Å². The molecule has 1 N–H and O–H groups in total. The highest BCUT2D eigenvalue weighted by Crippen LogP contribution is 2.19. The maximum atomic E-state index is 12.5. The zero-order chi connectivity index (χ0) is 14.5. The van der Waals surface area contributed by atoms with Crippen LogP contribution < -0.4 is 5.32 Å². The summed E-state index contributed by atoms with van der Waals surface area (Å²) in [4.78, 5) is 12.5. The molecule has 1 amide bonds. The van der Waals surface area contributed by atoms with Gasteiger partial charge in [-0.05, 0) is 43.0 Å². The Bertz CT molecular complexity index is 577. The Labute approximate surface area is 120 Å². The monoisotopic (exact) mass is 267 g/mol. The molecule has 20 heavy (non-hydrogen) atoms. The minimum atomic E-state index is -0.0110. The molecular weight excluding hydrogens is 246 g/mol. The summed E-state index contributed by atoms with van der Waals surface area (Å²) in [6.07, 6.45) is 1.73. The van der Waals surface area contributed by atoms with Gasteiger partial charge in [0.25, 0.3) is 5.91 Å². The number of hydrogen-bond donors (Lipinski definition) is 1. The van der Waals surface area contributed by atoms with Crippen LogP contribution in [0.4, 0.5) is 5.69 Å². The Morgan fingerprint density at radius 1 is 0.950 bits per heavy atom. The second kappa shape index (κ2) is 6.38. The Kier molecular flexibility index (Phi) is 4.57. The van der Waals surface area contributed by atoms with Crippen molar-refractivity contribution in [1.29, 1.82) is 0 Å². The van der Waals surface area contributed by atoms with Crippen LogP contribution in [0.5, 0.6) is 0 Å². The molecule has 2 nitrogen and oxygen atoms in total. The number of aryl methyl sites for hydroxylation is 3. The normalized spacial score (nSPS) is 10.3. The summed E-state index contributed by atoms with van der Waals surface area (Å²) in [6, 6.07) is 14.0. The van der Waals surface area contributed by atoms with Gasteiger partial charge < -0.3 is 5.32 Å². The molecule has 104 valence electrons. The third-order valence-electron chi connectivity index (χ3n) is 3.54. The summed E-state index contributed by atoms with van der Waals surface area (Å²) < 4.78 is 0. The maximum absolute atomic E-state index is 12.5. The highest BCUT2D eigenvalue weighted by molar-refractivity contribution is 6.06. The molecule has 0 spiro atoms. The summed E-state index contributed by atoms with van der Waals surface area (Å²) in [7, 11) is 0. The third kappa shape index (κ3) is 3.08. The van der Waals surface area contributed by atoms with Gasteiger partial charge in [-0.2, -0.15) is 0 Å². The van der Waals surface area contributed by atoms with Gasteiger partial charge in [0.15, 0.2) is 0 Å². The third-order valence-corrected chi connectivity index (χ3v) is 3.54. The molecule has 2 aromatic rings. The van der Waals surface area contributed by atoms with Crippen LogP contribution >= 0.6 is 0 Å². The number of benzene rings is 2. The maximum Gasteiger partial charge on any atom is 0.256 e. The van der Waals surface area contributed by atoms with E-state index in [1.54, 1.807) is 0 Å². The number of nitrogens with one attached hydrogen (secondary N) is 1. The van der Waals surface area contributed by atoms with Gasteiger partial charge in [-0.25, -0.2) is 0 Å². The van der Waals surface area contributed by atoms with Crippen LogP contribution in [0, 0.1) is 6.92 Å². The van der Waals surface area contributed by atoms with Gasteiger partial charge in [0.05, 0.1) is 0 Å². The molecule has 0 bridgehead atoms. The van der Waals surface area contributed by atoms with Crippen molar-refractivity contribution < 1.29 is 4.79 Å². The smallest absolute Gasteiger partial charge is 0.256 e. The van der Waals surface area contributed by atoms with Crippen LogP contribution in [0.15, 0.2) is 42.5 Å². The Hall–Kier alpha value is -2.09. The van der Waals surface area contributed by atoms with E-state index >= 15 is 0 Å². The number of rotatable bonds is 4. The van der Waals surface area contributed by atoms with Crippen LogP contribution in [-0.2, 0) is 12.8 Å². The number of amides is 1. The molecule has 0 fully saturated rings. The molecule has 2 rings (SSSR count). The summed E-state index contributed by atoms with van der Waals surface area (Å²) >= 11 is 0. The van der Waals surface area contributed by atoms with Crippen LogP contribution in [-0.4, -0.2) is 5.91 Å². The van der Waals surface area contributed by atoms with Crippen molar-refractivity contribution in [2.75, 3.05) is 5.32 Å². The number of carbonyl (C=O) groups excluding carboxylic acids is 1. The van der Waals surface area contributed by atoms with E-state index in [1.165, 1.54) is 5.56 Å². The molecule has 0 aliphatic heterocycles. The average Bonchev–Trinajstić information content (AvgIpc) is 2.48. The van der Waals surface area contributed by atoms with Crippen molar-refractivity contribution in [1.82, 2.24) is 0 Å². The number of anilines is 1. The standard InChI is InChI=1S/C18H21NO/c1-4-14-7-6-8-15(5-2)17(14)18(20)19-16-11-9-13(3)10-12-16/h6-12H,4-5H2,1-3H3,(H,19,20). The topological polar surface area (TPSA) is 29.1 Å². The van der Waals surface area contributed by atoms with Crippen molar-refractivity contribution in [2.24, 2.45) is 0 Å². The molecule has 0 unspecified atom stereocenters. The molecular formula is C18H21NO. The van der Waals surface area contributed by atoms with Crippen molar-refractivity contribution in [2.45, 2.75) is 33.6 Å². The molecule has 0 atom stereocenters. The molecule has 0 saturated heterocycles. The zero-order valence-corrected chi connectivity index (χ0v) is 12.4. The molecule has 0 saturated carbocycles. The fourth-order valence-electron chi connectivity index (χ4n) is 2.36. The molecule has 0 aliphatic carbocycles. The quantitative estimate of drug-likeness (QED) is 0.875. The first-order chi connectivity index (χ1) is 9.65.